The van der Waals surface area contributed by atoms with E-state index < -0.39 is 5.54 Å². The van der Waals surface area contributed by atoms with Gasteiger partial charge in [0.2, 0.25) is 0 Å². The van der Waals surface area contributed by atoms with Crippen molar-refractivity contribution in [1.29, 1.82) is 5.26 Å². The van der Waals surface area contributed by atoms with Crippen molar-refractivity contribution in [3.05, 3.63) is 29.6 Å². The van der Waals surface area contributed by atoms with Gasteiger partial charge in [0, 0.05) is 6.20 Å². The number of carbonyl (C=O) groups is 1. The molecule has 2 atom stereocenters. The summed E-state index contributed by atoms with van der Waals surface area (Å²) in [6.45, 7) is 2.08. The Bertz CT molecular complexity index is 521. The summed E-state index contributed by atoms with van der Waals surface area (Å²) in [5.41, 5.74) is 0.157. The first-order valence-corrected chi connectivity index (χ1v) is 6.88. The van der Waals surface area contributed by atoms with Crippen LogP contribution in [0.25, 0.3) is 0 Å². The third-order valence-electron chi connectivity index (χ3n) is 3.90. The second-order valence-electron chi connectivity index (χ2n) is 5.64. The van der Waals surface area contributed by atoms with E-state index in [0.717, 1.165) is 25.7 Å². The van der Waals surface area contributed by atoms with E-state index in [4.69, 9.17) is 5.26 Å². The van der Waals surface area contributed by atoms with Gasteiger partial charge in [0.1, 0.15) is 11.8 Å². The van der Waals surface area contributed by atoms with E-state index in [2.05, 4.69) is 17.2 Å². The van der Waals surface area contributed by atoms with Crippen molar-refractivity contribution in [2.45, 2.75) is 38.1 Å². The van der Waals surface area contributed by atoms with Crippen molar-refractivity contribution < 1.29 is 9.90 Å². The Morgan fingerprint density at radius 2 is 2.45 bits per heavy atom. The summed E-state index contributed by atoms with van der Waals surface area (Å²) in [6, 6.07) is 5.06. The zero-order valence-corrected chi connectivity index (χ0v) is 11.6. The second kappa shape index (κ2) is 6.02. The Morgan fingerprint density at radius 3 is 3.00 bits per heavy atom. The van der Waals surface area contributed by atoms with Crippen LogP contribution in [0.1, 0.15) is 48.7 Å². The van der Waals surface area contributed by atoms with E-state index in [9.17, 15) is 9.90 Å². The summed E-state index contributed by atoms with van der Waals surface area (Å²) >= 11 is 0. The SMILES string of the molecule is CC1CCCC(CO)(NC(=O)c2ccc(C#N)cn2)C1. The zero-order chi connectivity index (χ0) is 14.6. The fourth-order valence-electron chi connectivity index (χ4n) is 2.86. The predicted molar refractivity (Wildman–Crippen MR) is 73.9 cm³/mol. The number of nitriles is 1. The molecule has 2 unspecified atom stereocenters. The van der Waals surface area contributed by atoms with E-state index >= 15 is 0 Å². The lowest BCUT2D eigenvalue weighted by molar-refractivity contribution is 0.0693. The molecule has 1 aromatic rings. The molecular formula is C15H19N3O2. The van der Waals surface area contributed by atoms with Crippen LogP contribution in [0.3, 0.4) is 0 Å². The number of amides is 1. The average Bonchev–Trinajstić information content (AvgIpc) is 2.47. The maximum Gasteiger partial charge on any atom is 0.270 e. The Balaban J connectivity index is 2.10. The minimum atomic E-state index is -0.537. The van der Waals surface area contributed by atoms with Gasteiger partial charge in [0.05, 0.1) is 17.7 Å². The Kier molecular flexibility index (Phi) is 4.35. The van der Waals surface area contributed by atoms with Gasteiger partial charge in [-0.25, -0.2) is 4.98 Å². The number of nitrogens with zero attached hydrogens (tertiary/aromatic N) is 2. The molecule has 1 amide bonds. The van der Waals surface area contributed by atoms with Crippen LogP contribution in [0, 0.1) is 17.2 Å². The number of rotatable bonds is 3. The molecule has 1 aliphatic carbocycles. The first-order valence-electron chi connectivity index (χ1n) is 6.88. The van der Waals surface area contributed by atoms with Crippen molar-refractivity contribution in [2.24, 2.45) is 5.92 Å². The molecule has 5 heteroatoms. The van der Waals surface area contributed by atoms with Gasteiger partial charge in [-0.05, 0) is 30.9 Å². The molecule has 1 aromatic heterocycles. The molecule has 0 spiro atoms. The summed E-state index contributed by atoms with van der Waals surface area (Å²) in [6.07, 6.45) is 5.08. The third kappa shape index (κ3) is 3.14. The average molecular weight is 273 g/mol. The van der Waals surface area contributed by atoms with Gasteiger partial charge in [-0.2, -0.15) is 5.26 Å². The minimum Gasteiger partial charge on any atom is -0.394 e. The van der Waals surface area contributed by atoms with Crippen molar-refractivity contribution in [3.63, 3.8) is 0 Å². The maximum absolute atomic E-state index is 12.2. The molecule has 0 radical (unpaired) electrons. The number of hydrogen-bond donors (Lipinski definition) is 2. The van der Waals surface area contributed by atoms with E-state index in [1.165, 1.54) is 12.3 Å². The number of nitrogens with one attached hydrogen (secondary N) is 1. The third-order valence-corrected chi connectivity index (χ3v) is 3.90. The summed E-state index contributed by atoms with van der Waals surface area (Å²) in [5, 5.41) is 21.3. The van der Waals surface area contributed by atoms with Gasteiger partial charge < -0.3 is 10.4 Å². The van der Waals surface area contributed by atoms with E-state index in [1.807, 2.05) is 6.07 Å². The van der Waals surface area contributed by atoms with Crippen LogP contribution in [0.2, 0.25) is 0 Å². The molecule has 0 aromatic carbocycles. The quantitative estimate of drug-likeness (QED) is 0.876. The molecule has 2 rings (SSSR count). The summed E-state index contributed by atoms with van der Waals surface area (Å²) in [4.78, 5) is 16.2. The van der Waals surface area contributed by atoms with Gasteiger partial charge in [-0.3, -0.25) is 4.79 Å². The largest absolute Gasteiger partial charge is 0.394 e. The smallest absolute Gasteiger partial charge is 0.270 e. The molecule has 106 valence electrons. The van der Waals surface area contributed by atoms with Gasteiger partial charge >= 0.3 is 0 Å². The van der Waals surface area contributed by atoms with Gasteiger partial charge in [-0.15, -0.1) is 0 Å². The first kappa shape index (κ1) is 14.5. The molecule has 2 N–H and O–H groups in total. The van der Waals surface area contributed by atoms with E-state index in [-0.39, 0.29) is 18.2 Å². The number of aromatic nitrogens is 1. The number of hydrogen-bond acceptors (Lipinski definition) is 4. The molecule has 1 heterocycles. The van der Waals surface area contributed by atoms with E-state index in [0.29, 0.717) is 11.5 Å². The second-order valence-corrected chi connectivity index (χ2v) is 5.64. The van der Waals surface area contributed by atoms with Crippen molar-refractivity contribution >= 4 is 5.91 Å². The van der Waals surface area contributed by atoms with E-state index in [1.54, 1.807) is 6.07 Å². The highest BCUT2D eigenvalue weighted by Gasteiger charge is 2.36. The van der Waals surface area contributed by atoms with Crippen LogP contribution in [0.15, 0.2) is 18.3 Å². The molecule has 0 bridgehead atoms. The highest BCUT2D eigenvalue weighted by atomic mass is 16.3. The number of pyridine rings is 1. The number of aliphatic hydroxyl groups excluding tert-OH is 1. The van der Waals surface area contributed by atoms with Crippen molar-refractivity contribution in [3.8, 4) is 6.07 Å². The fraction of sp³-hybridized carbons (Fsp3) is 0.533. The zero-order valence-electron chi connectivity index (χ0n) is 11.6. The molecule has 1 saturated carbocycles. The number of aliphatic hydroxyl groups is 1. The highest BCUT2D eigenvalue weighted by Crippen LogP contribution is 2.32. The molecule has 1 aliphatic rings. The maximum atomic E-state index is 12.2. The van der Waals surface area contributed by atoms with Gasteiger partial charge in [0.25, 0.3) is 5.91 Å². The summed E-state index contributed by atoms with van der Waals surface area (Å²) in [5.74, 6) is 0.197. The van der Waals surface area contributed by atoms with Gasteiger partial charge in [0.15, 0.2) is 0 Å². The lowest BCUT2D eigenvalue weighted by Gasteiger charge is -2.39. The lowest BCUT2D eigenvalue weighted by Crippen LogP contribution is -2.54. The Morgan fingerprint density at radius 1 is 1.65 bits per heavy atom. The Hall–Kier alpha value is -1.93. The topological polar surface area (TPSA) is 86.0 Å². The first-order chi connectivity index (χ1) is 9.58. The molecule has 0 saturated heterocycles. The lowest BCUT2D eigenvalue weighted by atomic mass is 9.77. The molecule has 5 nitrogen and oxygen atoms in total. The van der Waals surface area contributed by atoms with Crippen LogP contribution in [-0.4, -0.2) is 28.1 Å². The normalized spacial score (nSPS) is 25.8. The van der Waals surface area contributed by atoms with Crippen molar-refractivity contribution in [1.82, 2.24) is 10.3 Å². The van der Waals surface area contributed by atoms with Crippen LogP contribution in [0.4, 0.5) is 0 Å². The standard InChI is InChI=1S/C15H19N3O2/c1-11-3-2-6-15(7-11,10-19)18-14(20)13-5-4-12(8-16)9-17-13/h4-5,9,11,19H,2-3,6-7,10H2,1H3,(H,18,20). The van der Waals surface area contributed by atoms with Crippen LogP contribution in [0.5, 0.6) is 0 Å². The molecule has 1 fully saturated rings. The fourth-order valence-corrected chi connectivity index (χ4v) is 2.86. The van der Waals surface area contributed by atoms with Gasteiger partial charge in [-0.1, -0.05) is 19.8 Å². The minimum absolute atomic E-state index is 0.0562. The molecular weight excluding hydrogens is 254 g/mol. The van der Waals surface area contributed by atoms with Crippen LogP contribution in [-0.2, 0) is 0 Å². The molecule has 20 heavy (non-hydrogen) atoms. The monoisotopic (exact) mass is 273 g/mol. The Labute approximate surface area is 118 Å². The van der Waals surface area contributed by atoms with Crippen LogP contribution < -0.4 is 5.32 Å². The molecule has 0 aliphatic heterocycles. The highest BCUT2D eigenvalue weighted by molar-refractivity contribution is 5.92. The van der Waals surface area contributed by atoms with Crippen molar-refractivity contribution in [2.75, 3.05) is 6.61 Å². The number of carbonyl (C=O) groups excluding carboxylic acids is 1. The van der Waals surface area contributed by atoms with Crippen LogP contribution >= 0.6 is 0 Å². The predicted octanol–water partition coefficient (Wildman–Crippen LogP) is 1.62. The summed E-state index contributed by atoms with van der Waals surface area (Å²) in [7, 11) is 0. The summed E-state index contributed by atoms with van der Waals surface area (Å²) < 4.78 is 0.